The van der Waals surface area contributed by atoms with Gasteiger partial charge in [-0.05, 0) is 42.2 Å². The first kappa shape index (κ1) is 15.8. The number of hydrogen-bond acceptors (Lipinski definition) is 5. The van der Waals surface area contributed by atoms with Gasteiger partial charge in [0.15, 0.2) is 23.0 Å². The molecule has 0 bridgehead atoms. The first-order chi connectivity index (χ1) is 10.6. The number of phenols is 2. The van der Waals surface area contributed by atoms with E-state index in [1.807, 2.05) is 12.1 Å². The highest BCUT2D eigenvalue weighted by Gasteiger charge is 2.14. The van der Waals surface area contributed by atoms with Gasteiger partial charge in [0.05, 0.1) is 21.3 Å². The van der Waals surface area contributed by atoms with Crippen molar-refractivity contribution in [3.63, 3.8) is 0 Å². The molecule has 0 heterocycles. The van der Waals surface area contributed by atoms with Crippen LogP contribution in [0, 0.1) is 0 Å². The van der Waals surface area contributed by atoms with Crippen molar-refractivity contribution in [3.05, 3.63) is 41.5 Å². The molecule has 0 aliphatic rings. The first-order valence-corrected chi connectivity index (χ1v) is 6.89. The van der Waals surface area contributed by atoms with Crippen molar-refractivity contribution in [1.29, 1.82) is 0 Å². The van der Waals surface area contributed by atoms with Crippen LogP contribution in [0.3, 0.4) is 0 Å². The van der Waals surface area contributed by atoms with Gasteiger partial charge in [-0.3, -0.25) is 0 Å². The molecule has 2 N–H and O–H groups in total. The van der Waals surface area contributed by atoms with Crippen LogP contribution in [0.25, 0.3) is 0 Å². The largest absolute Gasteiger partial charge is 0.504 e. The third-order valence-corrected chi connectivity index (χ3v) is 3.53. The van der Waals surface area contributed by atoms with Crippen molar-refractivity contribution in [3.8, 4) is 28.7 Å². The number of aromatic hydroxyl groups is 2. The highest BCUT2D eigenvalue weighted by atomic mass is 16.5. The molecule has 118 valence electrons. The topological polar surface area (TPSA) is 68.2 Å². The zero-order chi connectivity index (χ0) is 16.1. The minimum atomic E-state index is 0.00536. The zero-order valence-corrected chi connectivity index (χ0v) is 12.9. The van der Waals surface area contributed by atoms with Gasteiger partial charge in [-0.15, -0.1) is 0 Å². The predicted molar refractivity (Wildman–Crippen MR) is 83.3 cm³/mol. The Morgan fingerprint density at radius 2 is 1.55 bits per heavy atom. The van der Waals surface area contributed by atoms with E-state index in [2.05, 4.69) is 0 Å². The average molecular weight is 304 g/mol. The Morgan fingerprint density at radius 1 is 0.818 bits per heavy atom. The molecule has 0 saturated carbocycles. The lowest BCUT2D eigenvalue weighted by Gasteiger charge is -2.13. The van der Waals surface area contributed by atoms with Crippen molar-refractivity contribution in [2.24, 2.45) is 0 Å². The van der Waals surface area contributed by atoms with Crippen LogP contribution in [0.2, 0.25) is 0 Å². The second-order valence-corrected chi connectivity index (χ2v) is 4.82. The lowest BCUT2D eigenvalue weighted by molar-refractivity contribution is 0.337. The summed E-state index contributed by atoms with van der Waals surface area (Å²) in [4.78, 5) is 0. The average Bonchev–Trinajstić information content (AvgIpc) is 2.54. The fraction of sp³-hybridized carbons (Fsp3) is 0.294. The molecule has 0 saturated heterocycles. The van der Waals surface area contributed by atoms with Crippen LogP contribution in [0.4, 0.5) is 0 Å². The van der Waals surface area contributed by atoms with Crippen LogP contribution in [0.5, 0.6) is 28.7 Å². The van der Waals surface area contributed by atoms with Gasteiger partial charge < -0.3 is 24.4 Å². The molecule has 2 rings (SSSR count). The predicted octanol–water partition coefficient (Wildman–Crippen LogP) is 2.91. The molecule has 2 aromatic rings. The SMILES string of the molecule is COc1cc(CCc2ccc(OC)c(O)c2OC)ccc1O. The maximum Gasteiger partial charge on any atom is 0.201 e. The van der Waals surface area contributed by atoms with Gasteiger partial charge in [0.1, 0.15) is 0 Å². The van der Waals surface area contributed by atoms with E-state index in [0.29, 0.717) is 23.7 Å². The Labute approximate surface area is 129 Å². The maximum absolute atomic E-state index is 10.1. The molecule has 5 nitrogen and oxygen atoms in total. The molecule has 0 aliphatic carbocycles. The molecule has 2 aromatic carbocycles. The summed E-state index contributed by atoms with van der Waals surface area (Å²) in [5.41, 5.74) is 1.90. The second kappa shape index (κ2) is 6.93. The molecule has 0 aromatic heterocycles. The summed E-state index contributed by atoms with van der Waals surface area (Å²) in [6.07, 6.45) is 1.40. The quantitative estimate of drug-likeness (QED) is 0.859. The number of ether oxygens (including phenoxy) is 3. The van der Waals surface area contributed by atoms with Crippen LogP contribution in [-0.2, 0) is 12.8 Å². The van der Waals surface area contributed by atoms with Gasteiger partial charge in [0.2, 0.25) is 5.75 Å². The third-order valence-electron chi connectivity index (χ3n) is 3.53. The van der Waals surface area contributed by atoms with Crippen LogP contribution >= 0.6 is 0 Å². The maximum atomic E-state index is 10.1. The molecule has 0 fully saturated rings. The number of benzene rings is 2. The third kappa shape index (κ3) is 3.19. The van der Waals surface area contributed by atoms with Crippen molar-refractivity contribution < 1.29 is 24.4 Å². The van der Waals surface area contributed by atoms with Crippen LogP contribution in [0.15, 0.2) is 30.3 Å². The summed E-state index contributed by atoms with van der Waals surface area (Å²) in [6, 6.07) is 8.83. The minimum Gasteiger partial charge on any atom is -0.504 e. The van der Waals surface area contributed by atoms with Crippen molar-refractivity contribution in [1.82, 2.24) is 0 Å². The summed E-state index contributed by atoms with van der Waals surface area (Å²) in [6.45, 7) is 0. The fourth-order valence-electron chi connectivity index (χ4n) is 2.34. The number of aryl methyl sites for hydroxylation is 2. The smallest absolute Gasteiger partial charge is 0.201 e. The van der Waals surface area contributed by atoms with Crippen molar-refractivity contribution >= 4 is 0 Å². The standard InChI is InChI=1S/C17H20O5/c1-20-14-9-7-12(17(22-3)16(14)19)6-4-11-5-8-13(18)15(10-11)21-2/h5,7-10,18-19H,4,6H2,1-3H3. The lowest BCUT2D eigenvalue weighted by Crippen LogP contribution is -1.98. The summed E-state index contributed by atoms with van der Waals surface area (Å²) in [5.74, 6) is 1.37. The minimum absolute atomic E-state index is 0.00536. The van der Waals surface area contributed by atoms with E-state index in [0.717, 1.165) is 17.5 Å². The van der Waals surface area contributed by atoms with Gasteiger partial charge >= 0.3 is 0 Å². The zero-order valence-electron chi connectivity index (χ0n) is 12.9. The van der Waals surface area contributed by atoms with E-state index < -0.39 is 0 Å². The van der Waals surface area contributed by atoms with E-state index in [-0.39, 0.29) is 11.5 Å². The highest BCUT2D eigenvalue weighted by Crippen LogP contribution is 2.39. The van der Waals surface area contributed by atoms with Gasteiger partial charge in [0.25, 0.3) is 0 Å². The Kier molecular flexibility index (Phi) is 4.99. The van der Waals surface area contributed by atoms with E-state index in [1.165, 1.54) is 21.3 Å². The van der Waals surface area contributed by atoms with Crippen molar-refractivity contribution in [2.75, 3.05) is 21.3 Å². The molecule has 0 spiro atoms. The number of rotatable bonds is 6. The Morgan fingerprint density at radius 3 is 2.18 bits per heavy atom. The van der Waals surface area contributed by atoms with E-state index >= 15 is 0 Å². The summed E-state index contributed by atoms with van der Waals surface area (Å²) in [7, 11) is 4.53. The van der Waals surface area contributed by atoms with Crippen LogP contribution in [0.1, 0.15) is 11.1 Å². The monoisotopic (exact) mass is 304 g/mol. The molecule has 22 heavy (non-hydrogen) atoms. The number of methoxy groups -OCH3 is 3. The summed E-state index contributed by atoms with van der Waals surface area (Å²) >= 11 is 0. The van der Waals surface area contributed by atoms with Crippen LogP contribution in [-0.4, -0.2) is 31.5 Å². The molecule has 5 heteroatoms. The van der Waals surface area contributed by atoms with Gasteiger partial charge in [-0.1, -0.05) is 12.1 Å². The van der Waals surface area contributed by atoms with E-state index in [4.69, 9.17) is 14.2 Å². The fourth-order valence-corrected chi connectivity index (χ4v) is 2.34. The first-order valence-electron chi connectivity index (χ1n) is 6.89. The van der Waals surface area contributed by atoms with Gasteiger partial charge in [-0.2, -0.15) is 0 Å². The van der Waals surface area contributed by atoms with Gasteiger partial charge in [0, 0.05) is 0 Å². The highest BCUT2D eigenvalue weighted by molar-refractivity contribution is 5.55. The normalized spacial score (nSPS) is 10.3. The molecule has 0 atom stereocenters. The van der Waals surface area contributed by atoms with Crippen LogP contribution < -0.4 is 14.2 Å². The Bertz CT molecular complexity index is 652. The van der Waals surface area contributed by atoms with Crippen molar-refractivity contribution in [2.45, 2.75) is 12.8 Å². The van der Waals surface area contributed by atoms with E-state index in [1.54, 1.807) is 18.2 Å². The molecular weight excluding hydrogens is 284 g/mol. The molecule has 0 radical (unpaired) electrons. The molecular formula is C17H20O5. The summed E-state index contributed by atoms with van der Waals surface area (Å²) < 4.78 is 15.5. The molecule has 0 aliphatic heterocycles. The number of hydrogen-bond donors (Lipinski definition) is 2. The molecule has 0 amide bonds. The van der Waals surface area contributed by atoms with E-state index in [9.17, 15) is 10.2 Å². The molecule has 0 unspecified atom stereocenters. The summed E-state index contributed by atoms with van der Waals surface area (Å²) in [5, 5.41) is 19.7. The Balaban J connectivity index is 2.19. The second-order valence-electron chi connectivity index (χ2n) is 4.82. The van der Waals surface area contributed by atoms with Gasteiger partial charge in [-0.25, -0.2) is 0 Å². The Hall–Kier alpha value is -2.56. The number of phenolic OH excluding ortho intramolecular Hbond substituents is 2. The lowest BCUT2D eigenvalue weighted by atomic mass is 10.0.